The molecule has 0 saturated carbocycles. The van der Waals surface area contributed by atoms with Crippen LogP contribution in [0.15, 0.2) is 16.2 Å². The van der Waals surface area contributed by atoms with Crippen molar-refractivity contribution in [3.8, 4) is 0 Å². The van der Waals surface area contributed by atoms with Crippen molar-refractivity contribution in [2.45, 2.75) is 53.4 Å². The molecule has 1 atom stereocenters. The Kier molecular flexibility index (Phi) is 8.79. The lowest BCUT2D eigenvalue weighted by Gasteiger charge is -2.15. The quantitative estimate of drug-likeness (QED) is 0.430. The molecule has 0 aliphatic carbocycles. The zero-order chi connectivity index (χ0) is 11.7. The summed E-state index contributed by atoms with van der Waals surface area (Å²) in [6, 6.07) is 0. The molecule has 0 amide bonds. The predicted octanol–water partition coefficient (Wildman–Crippen LogP) is 5.01. The van der Waals surface area contributed by atoms with E-state index in [-0.39, 0.29) is 0 Å². The second kappa shape index (κ2) is 8.96. The minimum absolute atomic E-state index is 0.590. The third-order valence-corrected chi connectivity index (χ3v) is 2.85. The second-order valence-electron chi connectivity index (χ2n) is 4.40. The Bertz CT molecular complexity index is 207. The van der Waals surface area contributed by atoms with Crippen molar-refractivity contribution >= 4 is 17.8 Å². The van der Waals surface area contributed by atoms with Gasteiger partial charge in [-0.2, -0.15) is 0 Å². The van der Waals surface area contributed by atoms with Crippen LogP contribution in [0.3, 0.4) is 0 Å². The maximum absolute atomic E-state index is 5.76. The molecule has 0 aromatic heterocycles. The highest BCUT2D eigenvalue weighted by Gasteiger charge is 2.07. The molecule has 0 aliphatic rings. The molecule has 1 nitrogen and oxygen atoms in total. The van der Waals surface area contributed by atoms with E-state index in [4.69, 9.17) is 11.6 Å². The summed E-state index contributed by atoms with van der Waals surface area (Å²) in [6.07, 6.45) is 8.60. The van der Waals surface area contributed by atoms with E-state index < -0.39 is 0 Å². The maximum Gasteiger partial charge on any atom is 0.124 e. The monoisotopic (exact) mass is 229 g/mol. The fourth-order valence-electron chi connectivity index (χ4n) is 1.69. The second-order valence-corrected chi connectivity index (χ2v) is 4.79. The molecule has 0 aliphatic heterocycles. The van der Waals surface area contributed by atoms with Crippen LogP contribution in [-0.2, 0) is 0 Å². The standard InChI is InChI=1S/C13H24ClN/c1-5-12(10-11(3)4)8-7-9-15-13(14)6-2/h6,9,11-12H,5,7-8,10H2,1-4H3. The number of aliphatic imine (C=N–C) groups is 1. The molecule has 0 radical (unpaired) electrons. The molecule has 15 heavy (non-hydrogen) atoms. The largest absolute Gasteiger partial charge is 0.249 e. The molecule has 0 aromatic rings. The lowest BCUT2D eigenvalue weighted by Crippen LogP contribution is -2.03. The summed E-state index contributed by atoms with van der Waals surface area (Å²) in [5.41, 5.74) is 0. The lowest BCUT2D eigenvalue weighted by molar-refractivity contribution is 0.382. The first-order valence-electron chi connectivity index (χ1n) is 5.94. The summed E-state index contributed by atoms with van der Waals surface area (Å²) in [7, 11) is 0. The highest BCUT2D eigenvalue weighted by molar-refractivity contribution is 6.29. The molecular formula is C13H24ClN. The third-order valence-electron chi connectivity index (χ3n) is 2.54. The highest BCUT2D eigenvalue weighted by Crippen LogP contribution is 2.19. The van der Waals surface area contributed by atoms with E-state index in [2.05, 4.69) is 25.8 Å². The first-order valence-corrected chi connectivity index (χ1v) is 6.32. The molecule has 0 spiro atoms. The smallest absolute Gasteiger partial charge is 0.124 e. The SMILES string of the molecule is CC=C(Cl)N=CCCC(CC)CC(C)C. The van der Waals surface area contributed by atoms with Gasteiger partial charge in [0.05, 0.1) is 0 Å². The van der Waals surface area contributed by atoms with Gasteiger partial charge in [0.15, 0.2) is 0 Å². The minimum Gasteiger partial charge on any atom is -0.249 e. The van der Waals surface area contributed by atoms with Gasteiger partial charge in [0.25, 0.3) is 0 Å². The van der Waals surface area contributed by atoms with E-state index in [1.165, 1.54) is 19.3 Å². The van der Waals surface area contributed by atoms with Crippen molar-refractivity contribution in [3.05, 3.63) is 11.2 Å². The van der Waals surface area contributed by atoms with E-state index >= 15 is 0 Å². The molecule has 0 aromatic carbocycles. The molecular weight excluding hydrogens is 206 g/mol. The Balaban J connectivity index is 3.77. The molecule has 0 bridgehead atoms. The topological polar surface area (TPSA) is 12.4 Å². The van der Waals surface area contributed by atoms with Gasteiger partial charge in [0, 0.05) is 6.21 Å². The Morgan fingerprint density at radius 2 is 2.07 bits per heavy atom. The molecule has 0 rings (SSSR count). The molecule has 0 heterocycles. The van der Waals surface area contributed by atoms with Crippen molar-refractivity contribution in [2.24, 2.45) is 16.8 Å². The van der Waals surface area contributed by atoms with Gasteiger partial charge >= 0.3 is 0 Å². The van der Waals surface area contributed by atoms with Crippen LogP contribution in [0, 0.1) is 11.8 Å². The summed E-state index contributed by atoms with van der Waals surface area (Å²) in [5, 5.41) is 0.590. The Morgan fingerprint density at radius 1 is 1.40 bits per heavy atom. The average Bonchev–Trinajstić information content (AvgIpc) is 2.21. The number of nitrogens with zero attached hydrogens (tertiary/aromatic N) is 1. The third kappa shape index (κ3) is 8.68. The van der Waals surface area contributed by atoms with Crippen LogP contribution in [0.1, 0.15) is 53.4 Å². The van der Waals surface area contributed by atoms with Crippen LogP contribution in [0.5, 0.6) is 0 Å². The predicted molar refractivity (Wildman–Crippen MR) is 70.6 cm³/mol. The van der Waals surface area contributed by atoms with Crippen molar-refractivity contribution in [3.63, 3.8) is 0 Å². The number of allylic oxidation sites excluding steroid dienone is 1. The summed E-state index contributed by atoms with van der Waals surface area (Å²) in [4.78, 5) is 4.13. The van der Waals surface area contributed by atoms with Gasteiger partial charge in [-0.05, 0) is 38.0 Å². The van der Waals surface area contributed by atoms with Gasteiger partial charge in [0.1, 0.15) is 5.16 Å². The van der Waals surface area contributed by atoms with E-state index in [1.54, 1.807) is 0 Å². The van der Waals surface area contributed by atoms with E-state index in [0.29, 0.717) is 5.16 Å². The zero-order valence-corrected chi connectivity index (χ0v) is 11.2. The van der Waals surface area contributed by atoms with Gasteiger partial charge in [-0.1, -0.05) is 44.9 Å². The molecule has 88 valence electrons. The zero-order valence-electron chi connectivity index (χ0n) is 10.5. The van der Waals surface area contributed by atoms with Gasteiger partial charge < -0.3 is 0 Å². The summed E-state index contributed by atoms with van der Waals surface area (Å²) >= 11 is 5.76. The van der Waals surface area contributed by atoms with Crippen molar-refractivity contribution < 1.29 is 0 Å². The number of rotatable bonds is 7. The fraction of sp³-hybridized carbons (Fsp3) is 0.769. The highest BCUT2D eigenvalue weighted by atomic mass is 35.5. The average molecular weight is 230 g/mol. The van der Waals surface area contributed by atoms with Gasteiger partial charge in [0.2, 0.25) is 0 Å². The number of hydrogen-bond donors (Lipinski definition) is 0. The van der Waals surface area contributed by atoms with Crippen LogP contribution in [0.2, 0.25) is 0 Å². The van der Waals surface area contributed by atoms with Crippen LogP contribution >= 0.6 is 11.6 Å². The summed E-state index contributed by atoms with van der Waals surface area (Å²) < 4.78 is 0. The summed E-state index contributed by atoms with van der Waals surface area (Å²) in [5.74, 6) is 1.63. The first kappa shape index (κ1) is 14.7. The fourth-order valence-corrected chi connectivity index (χ4v) is 1.76. The lowest BCUT2D eigenvalue weighted by atomic mass is 9.91. The number of halogens is 1. The Hall–Kier alpha value is -0.300. The van der Waals surface area contributed by atoms with Gasteiger partial charge in [-0.15, -0.1) is 0 Å². The van der Waals surface area contributed by atoms with Gasteiger partial charge in [-0.3, -0.25) is 0 Å². The van der Waals surface area contributed by atoms with E-state index in [0.717, 1.165) is 18.3 Å². The van der Waals surface area contributed by atoms with Gasteiger partial charge in [-0.25, -0.2) is 4.99 Å². The van der Waals surface area contributed by atoms with E-state index in [1.807, 2.05) is 19.2 Å². The molecule has 0 N–H and O–H groups in total. The maximum atomic E-state index is 5.76. The molecule has 2 heteroatoms. The molecule has 0 fully saturated rings. The molecule has 0 saturated heterocycles. The first-order chi connectivity index (χ1) is 7.10. The van der Waals surface area contributed by atoms with E-state index in [9.17, 15) is 0 Å². The van der Waals surface area contributed by atoms with Crippen molar-refractivity contribution in [1.82, 2.24) is 0 Å². The number of hydrogen-bond acceptors (Lipinski definition) is 1. The Morgan fingerprint density at radius 3 is 2.53 bits per heavy atom. The minimum atomic E-state index is 0.590. The molecule has 1 unspecified atom stereocenters. The van der Waals surface area contributed by atoms with Crippen LogP contribution in [-0.4, -0.2) is 6.21 Å². The van der Waals surface area contributed by atoms with Crippen molar-refractivity contribution in [2.75, 3.05) is 0 Å². The van der Waals surface area contributed by atoms with Crippen LogP contribution in [0.4, 0.5) is 0 Å². The Labute approximate surface area is 99.6 Å². The van der Waals surface area contributed by atoms with Crippen molar-refractivity contribution in [1.29, 1.82) is 0 Å². The normalized spacial score (nSPS) is 15.2. The van der Waals surface area contributed by atoms with Crippen LogP contribution in [0.25, 0.3) is 0 Å². The van der Waals surface area contributed by atoms with Crippen LogP contribution < -0.4 is 0 Å². The summed E-state index contributed by atoms with van der Waals surface area (Å²) in [6.45, 7) is 8.73.